The van der Waals surface area contributed by atoms with Crippen molar-refractivity contribution in [3.8, 4) is 0 Å². The predicted octanol–water partition coefficient (Wildman–Crippen LogP) is 1.73. The number of ether oxygens (including phenoxy) is 2. The molecule has 1 N–H and O–H groups in total. The molecule has 0 aromatic rings. The summed E-state index contributed by atoms with van der Waals surface area (Å²) in [6.45, 7) is 5.63. The highest BCUT2D eigenvalue weighted by atomic mass is 16.5. The van der Waals surface area contributed by atoms with E-state index in [1.807, 2.05) is 13.8 Å². The molecular weight excluding hydrogens is 218 g/mol. The molecule has 1 aliphatic rings. The Labute approximate surface area is 104 Å². The van der Waals surface area contributed by atoms with E-state index in [4.69, 9.17) is 9.47 Å². The van der Waals surface area contributed by atoms with Crippen LogP contribution < -0.4 is 5.32 Å². The lowest BCUT2D eigenvalue weighted by atomic mass is 9.83. The third-order valence-electron chi connectivity index (χ3n) is 3.49. The van der Waals surface area contributed by atoms with Crippen LogP contribution in [-0.2, 0) is 14.3 Å². The van der Waals surface area contributed by atoms with Crippen molar-refractivity contribution in [3.63, 3.8) is 0 Å². The number of rotatable bonds is 8. The van der Waals surface area contributed by atoms with Crippen LogP contribution in [0.2, 0.25) is 0 Å². The number of carbonyl (C=O) groups is 1. The van der Waals surface area contributed by atoms with E-state index in [-0.39, 0.29) is 5.97 Å². The summed E-state index contributed by atoms with van der Waals surface area (Å²) in [6.07, 6.45) is 5.15. The summed E-state index contributed by atoms with van der Waals surface area (Å²) >= 11 is 0. The van der Waals surface area contributed by atoms with Gasteiger partial charge < -0.3 is 14.8 Å². The summed E-state index contributed by atoms with van der Waals surface area (Å²) in [7, 11) is 1.41. The Morgan fingerprint density at radius 2 is 2.18 bits per heavy atom. The molecule has 0 heterocycles. The monoisotopic (exact) mass is 243 g/mol. The second-order valence-corrected chi connectivity index (χ2v) is 4.99. The van der Waals surface area contributed by atoms with E-state index < -0.39 is 5.54 Å². The molecule has 1 aliphatic carbocycles. The van der Waals surface area contributed by atoms with Crippen molar-refractivity contribution >= 4 is 5.97 Å². The summed E-state index contributed by atoms with van der Waals surface area (Å²) in [5.74, 6) is 0.585. The van der Waals surface area contributed by atoms with Crippen LogP contribution in [0.25, 0.3) is 0 Å². The molecule has 0 spiro atoms. The molecule has 4 nitrogen and oxygen atoms in total. The summed E-state index contributed by atoms with van der Waals surface area (Å²) in [5, 5.41) is 3.13. The van der Waals surface area contributed by atoms with E-state index in [9.17, 15) is 4.79 Å². The fourth-order valence-corrected chi connectivity index (χ4v) is 2.11. The van der Waals surface area contributed by atoms with Crippen molar-refractivity contribution in [1.29, 1.82) is 0 Å². The second kappa shape index (κ2) is 6.97. The number of hydrogen-bond donors (Lipinski definition) is 1. The first-order valence-corrected chi connectivity index (χ1v) is 6.53. The molecule has 0 aromatic carbocycles. The molecule has 1 rings (SSSR count). The van der Waals surface area contributed by atoms with Gasteiger partial charge in [-0.1, -0.05) is 26.2 Å². The van der Waals surface area contributed by atoms with Gasteiger partial charge in [-0.3, -0.25) is 0 Å². The van der Waals surface area contributed by atoms with Gasteiger partial charge in [-0.05, 0) is 25.8 Å². The molecule has 4 heteroatoms. The smallest absolute Gasteiger partial charge is 0.328 e. The van der Waals surface area contributed by atoms with Crippen LogP contribution >= 0.6 is 0 Å². The van der Waals surface area contributed by atoms with E-state index in [0.29, 0.717) is 6.61 Å². The van der Waals surface area contributed by atoms with Crippen molar-refractivity contribution in [1.82, 2.24) is 5.32 Å². The van der Waals surface area contributed by atoms with Crippen molar-refractivity contribution < 1.29 is 14.3 Å². The standard InChI is InChI=1S/C13H25NO3/c1-4-14-13(2,12(15)16-3)10-17-9-8-11-6-5-7-11/h11,14H,4-10H2,1-3H3. The Morgan fingerprint density at radius 1 is 1.47 bits per heavy atom. The van der Waals surface area contributed by atoms with E-state index in [0.717, 1.165) is 25.5 Å². The molecule has 0 bridgehead atoms. The fourth-order valence-electron chi connectivity index (χ4n) is 2.11. The first-order valence-electron chi connectivity index (χ1n) is 6.53. The van der Waals surface area contributed by atoms with E-state index >= 15 is 0 Å². The van der Waals surface area contributed by atoms with Crippen molar-refractivity contribution in [3.05, 3.63) is 0 Å². The van der Waals surface area contributed by atoms with Gasteiger partial charge in [0.25, 0.3) is 0 Å². The van der Waals surface area contributed by atoms with Crippen molar-refractivity contribution in [2.24, 2.45) is 5.92 Å². The fraction of sp³-hybridized carbons (Fsp3) is 0.923. The van der Waals surface area contributed by atoms with Crippen LogP contribution in [0.3, 0.4) is 0 Å². The van der Waals surface area contributed by atoms with Gasteiger partial charge in [0.15, 0.2) is 0 Å². The van der Waals surface area contributed by atoms with E-state index in [2.05, 4.69) is 5.32 Å². The Bertz CT molecular complexity index is 241. The largest absolute Gasteiger partial charge is 0.468 e. The van der Waals surface area contributed by atoms with E-state index in [1.54, 1.807) is 0 Å². The number of likely N-dealkylation sites (N-methyl/N-ethyl adjacent to an activating group) is 1. The first kappa shape index (κ1) is 14.5. The highest BCUT2D eigenvalue weighted by molar-refractivity contribution is 5.80. The average Bonchev–Trinajstić information content (AvgIpc) is 2.25. The van der Waals surface area contributed by atoms with Crippen LogP contribution in [0, 0.1) is 5.92 Å². The molecule has 0 saturated heterocycles. The molecule has 17 heavy (non-hydrogen) atoms. The lowest BCUT2D eigenvalue weighted by Crippen LogP contribution is -2.53. The predicted molar refractivity (Wildman–Crippen MR) is 66.9 cm³/mol. The van der Waals surface area contributed by atoms with Crippen LogP contribution in [0.15, 0.2) is 0 Å². The lowest BCUT2D eigenvalue weighted by molar-refractivity contribution is -0.150. The molecule has 1 unspecified atom stereocenters. The zero-order chi connectivity index (χ0) is 12.7. The van der Waals surface area contributed by atoms with Crippen LogP contribution in [0.5, 0.6) is 0 Å². The normalized spacial score (nSPS) is 19.5. The highest BCUT2D eigenvalue weighted by Gasteiger charge is 2.33. The zero-order valence-electron chi connectivity index (χ0n) is 11.3. The molecule has 0 radical (unpaired) electrons. The molecule has 100 valence electrons. The summed E-state index contributed by atoms with van der Waals surface area (Å²) in [6, 6.07) is 0. The maximum Gasteiger partial charge on any atom is 0.328 e. The van der Waals surface area contributed by atoms with Gasteiger partial charge >= 0.3 is 5.97 Å². The maximum atomic E-state index is 11.7. The van der Waals surface area contributed by atoms with Gasteiger partial charge in [0.2, 0.25) is 0 Å². The van der Waals surface area contributed by atoms with E-state index in [1.165, 1.54) is 26.4 Å². The number of carbonyl (C=O) groups excluding carboxylic acids is 1. The minimum absolute atomic E-state index is 0.261. The number of methoxy groups -OCH3 is 1. The van der Waals surface area contributed by atoms with Crippen molar-refractivity contribution in [2.75, 3.05) is 26.9 Å². The molecular formula is C13H25NO3. The Kier molecular flexibility index (Phi) is 5.92. The van der Waals surface area contributed by atoms with Gasteiger partial charge in [-0.15, -0.1) is 0 Å². The van der Waals surface area contributed by atoms with Crippen molar-refractivity contribution in [2.45, 2.75) is 45.1 Å². The minimum Gasteiger partial charge on any atom is -0.468 e. The maximum absolute atomic E-state index is 11.7. The quantitative estimate of drug-likeness (QED) is 0.521. The third-order valence-corrected chi connectivity index (χ3v) is 3.49. The molecule has 1 atom stereocenters. The number of esters is 1. The SMILES string of the molecule is CCNC(C)(COCCC1CCC1)C(=O)OC. The number of hydrogen-bond acceptors (Lipinski definition) is 4. The molecule has 0 amide bonds. The molecule has 0 aromatic heterocycles. The zero-order valence-corrected chi connectivity index (χ0v) is 11.3. The van der Waals surface area contributed by atoms with Crippen LogP contribution in [0.4, 0.5) is 0 Å². The Morgan fingerprint density at radius 3 is 2.65 bits per heavy atom. The second-order valence-electron chi connectivity index (χ2n) is 4.99. The van der Waals surface area contributed by atoms with Gasteiger partial charge in [0.1, 0.15) is 5.54 Å². The highest BCUT2D eigenvalue weighted by Crippen LogP contribution is 2.29. The van der Waals surface area contributed by atoms with Gasteiger partial charge in [-0.2, -0.15) is 0 Å². The minimum atomic E-state index is -0.719. The molecule has 1 saturated carbocycles. The molecule has 0 aliphatic heterocycles. The summed E-state index contributed by atoms with van der Waals surface area (Å²) in [4.78, 5) is 11.7. The lowest BCUT2D eigenvalue weighted by Gasteiger charge is -2.29. The Hall–Kier alpha value is -0.610. The number of nitrogens with one attached hydrogen (secondary N) is 1. The first-order chi connectivity index (χ1) is 8.12. The third kappa shape index (κ3) is 4.28. The van der Waals surface area contributed by atoms with Gasteiger partial charge in [-0.25, -0.2) is 4.79 Å². The van der Waals surface area contributed by atoms with Crippen LogP contribution in [0.1, 0.15) is 39.5 Å². The summed E-state index contributed by atoms with van der Waals surface area (Å²) in [5.41, 5.74) is -0.719. The average molecular weight is 243 g/mol. The Balaban J connectivity index is 2.24. The van der Waals surface area contributed by atoms with Crippen LogP contribution in [-0.4, -0.2) is 38.4 Å². The van der Waals surface area contributed by atoms with Gasteiger partial charge in [0, 0.05) is 6.61 Å². The molecule has 1 fully saturated rings. The summed E-state index contributed by atoms with van der Waals surface area (Å²) < 4.78 is 10.4. The van der Waals surface area contributed by atoms with Gasteiger partial charge in [0.05, 0.1) is 13.7 Å². The topological polar surface area (TPSA) is 47.6 Å².